The fourth-order valence-corrected chi connectivity index (χ4v) is 3.84. The second-order valence-corrected chi connectivity index (χ2v) is 5.80. The highest BCUT2D eigenvalue weighted by Crippen LogP contribution is 2.38. The van der Waals surface area contributed by atoms with E-state index < -0.39 is 0 Å². The Hall–Kier alpha value is -0.260. The largest absolute Gasteiger partial charge is 0.374 e. The minimum absolute atomic E-state index is 0.118. The van der Waals surface area contributed by atoms with E-state index in [0.29, 0.717) is 19.0 Å². The maximum absolute atomic E-state index is 10.6. The molecule has 2 atom stereocenters. The second kappa shape index (κ2) is 5.38. The summed E-state index contributed by atoms with van der Waals surface area (Å²) in [5, 5.41) is 3.41. The van der Waals surface area contributed by atoms with E-state index >= 15 is 0 Å². The monoisotopic (exact) mass is 244 g/mol. The average molecular weight is 244 g/mol. The number of ether oxygens (including phenoxy) is 1. The third kappa shape index (κ3) is 3.12. The molecule has 16 heavy (non-hydrogen) atoms. The van der Waals surface area contributed by atoms with Crippen LogP contribution in [-0.2, 0) is 9.53 Å². The van der Waals surface area contributed by atoms with Gasteiger partial charge in [-0.3, -0.25) is 4.79 Å². The molecule has 2 aliphatic heterocycles. The molecule has 0 aromatic carbocycles. The van der Waals surface area contributed by atoms with Crippen molar-refractivity contribution in [1.82, 2.24) is 5.32 Å². The molecule has 2 unspecified atom stereocenters. The van der Waals surface area contributed by atoms with E-state index in [1.807, 2.05) is 11.8 Å². The number of rotatable bonds is 4. The van der Waals surface area contributed by atoms with E-state index in [9.17, 15) is 4.79 Å². The Bertz CT molecular complexity index is 254. The number of hydrogen-bond acceptors (Lipinski definition) is 4. The van der Waals surface area contributed by atoms with Crippen LogP contribution in [0.15, 0.2) is 0 Å². The van der Waals surface area contributed by atoms with Crippen LogP contribution in [0, 0.1) is 0 Å². The van der Waals surface area contributed by atoms with Crippen molar-refractivity contribution in [1.29, 1.82) is 0 Å². The highest BCUT2D eigenvalue weighted by Gasteiger charge is 2.40. The molecular weight excluding hydrogens is 224 g/mol. The van der Waals surface area contributed by atoms with Crippen LogP contribution < -0.4 is 11.1 Å². The third-order valence-corrected chi connectivity index (χ3v) is 4.59. The van der Waals surface area contributed by atoms with E-state index in [2.05, 4.69) is 5.32 Å². The van der Waals surface area contributed by atoms with Crippen molar-refractivity contribution >= 4 is 17.7 Å². The Morgan fingerprint density at radius 3 is 3.19 bits per heavy atom. The van der Waals surface area contributed by atoms with Gasteiger partial charge < -0.3 is 15.8 Å². The number of carbonyl (C=O) groups is 1. The summed E-state index contributed by atoms with van der Waals surface area (Å²) >= 11 is 1.98. The zero-order valence-electron chi connectivity index (χ0n) is 9.54. The number of thioether (sulfide) groups is 1. The van der Waals surface area contributed by atoms with Gasteiger partial charge in [0.15, 0.2) is 0 Å². The zero-order valence-corrected chi connectivity index (χ0v) is 10.4. The van der Waals surface area contributed by atoms with Crippen LogP contribution in [-0.4, -0.2) is 42.2 Å². The van der Waals surface area contributed by atoms with Gasteiger partial charge in [-0.2, -0.15) is 11.8 Å². The summed E-state index contributed by atoms with van der Waals surface area (Å²) in [6.07, 6.45) is 3.73. The lowest BCUT2D eigenvalue weighted by Crippen LogP contribution is -2.47. The summed E-state index contributed by atoms with van der Waals surface area (Å²) in [5.41, 5.74) is 5.24. The lowest BCUT2D eigenvalue weighted by molar-refractivity contribution is -0.118. The SMILES string of the molecule is NC(=O)CCNC1CCOC2(CCSC2)C1. The quantitative estimate of drug-likeness (QED) is 0.756. The van der Waals surface area contributed by atoms with Crippen LogP contribution in [0.5, 0.6) is 0 Å². The Morgan fingerprint density at radius 1 is 1.62 bits per heavy atom. The van der Waals surface area contributed by atoms with Crippen molar-refractivity contribution in [2.24, 2.45) is 5.73 Å². The molecule has 92 valence electrons. The van der Waals surface area contributed by atoms with E-state index in [-0.39, 0.29) is 11.5 Å². The van der Waals surface area contributed by atoms with Gasteiger partial charge in [0.1, 0.15) is 0 Å². The molecule has 3 N–H and O–H groups in total. The van der Waals surface area contributed by atoms with Gasteiger partial charge in [-0.1, -0.05) is 0 Å². The van der Waals surface area contributed by atoms with Crippen LogP contribution in [0.2, 0.25) is 0 Å². The van der Waals surface area contributed by atoms with Gasteiger partial charge in [0.2, 0.25) is 5.91 Å². The van der Waals surface area contributed by atoms with Crippen LogP contribution in [0.25, 0.3) is 0 Å². The summed E-state index contributed by atoms with van der Waals surface area (Å²) in [7, 11) is 0. The van der Waals surface area contributed by atoms with Crippen LogP contribution >= 0.6 is 11.8 Å². The van der Waals surface area contributed by atoms with E-state index in [0.717, 1.165) is 25.2 Å². The minimum atomic E-state index is -0.231. The Morgan fingerprint density at radius 2 is 2.50 bits per heavy atom. The predicted octanol–water partition coefficient (Wildman–Crippen LogP) is 0.506. The molecule has 2 rings (SSSR count). The first-order chi connectivity index (χ1) is 7.70. The fraction of sp³-hybridized carbons (Fsp3) is 0.909. The van der Waals surface area contributed by atoms with Gasteiger partial charge in [0, 0.05) is 31.4 Å². The number of amides is 1. The van der Waals surface area contributed by atoms with Crippen LogP contribution in [0.1, 0.15) is 25.7 Å². The number of hydrogen-bond donors (Lipinski definition) is 2. The number of nitrogens with one attached hydrogen (secondary N) is 1. The Kier molecular flexibility index (Phi) is 4.10. The summed E-state index contributed by atoms with van der Waals surface area (Å²) in [4.78, 5) is 10.6. The molecule has 0 bridgehead atoms. The molecule has 0 aromatic rings. The van der Waals surface area contributed by atoms with Gasteiger partial charge in [0.25, 0.3) is 0 Å². The third-order valence-electron chi connectivity index (χ3n) is 3.36. The average Bonchev–Trinajstić information content (AvgIpc) is 2.66. The van der Waals surface area contributed by atoms with Crippen molar-refractivity contribution in [3.05, 3.63) is 0 Å². The second-order valence-electron chi connectivity index (χ2n) is 4.69. The van der Waals surface area contributed by atoms with Crippen molar-refractivity contribution in [2.45, 2.75) is 37.3 Å². The standard InChI is InChI=1S/C11H20N2O2S/c12-10(14)1-4-13-9-2-5-15-11(7-9)3-6-16-8-11/h9,13H,1-8H2,(H2,12,14). The highest BCUT2D eigenvalue weighted by molar-refractivity contribution is 7.99. The molecule has 2 saturated heterocycles. The molecule has 0 aliphatic carbocycles. The topological polar surface area (TPSA) is 64.4 Å². The maximum atomic E-state index is 10.6. The van der Waals surface area contributed by atoms with Gasteiger partial charge in [0.05, 0.1) is 5.60 Å². The summed E-state index contributed by atoms with van der Waals surface area (Å²) < 4.78 is 5.93. The number of carbonyl (C=O) groups excluding carboxylic acids is 1. The van der Waals surface area contributed by atoms with E-state index in [1.165, 1.54) is 12.2 Å². The van der Waals surface area contributed by atoms with Gasteiger partial charge in [-0.15, -0.1) is 0 Å². The fourth-order valence-electron chi connectivity index (χ4n) is 2.46. The lowest BCUT2D eigenvalue weighted by Gasteiger charge is -2.38. The smallest absolute Gasteiger partial charge is 0.218 e. The number of primary amides is 1. The van der Waals surface area contributed by atoms with Crippen molar-refractivity contribution < 1.29 is 9.53 Å². The molecule has 0 aromatic heterocycles. The molecule has 1 spiro atoms. The first-order valence-electron chi connectivity index (χ1n) is 5.94. The Labute approximate surface area is 101 Å². The zero-order chi connectivity index (χ0) is 11.4. The van der Waals surface area contributed by atoms with E-state index in [1.54, 1.807) is 0 Å². The molecule has 5 heteroatoms. The highest BCUT2D eigenvalue weighted by atomic mass is 32.2. The summed E-state index contributed by atoms with van der Waals surface area (Å²) in [6.45, 7) is 1.54. The van der Waals surface area contributed by atoms with Gasteiger partial charge >= 0.3 is 0 Å². The van der Waals surface area contributed by atoms with E-state index in [4.69, 9.17) is 10.5 Å². The van der Waals surface area contributed by atoms with Crippen molar-refractivity contribution in [3.63, 3.8) is 0 Å². The normalized spacial score (nSPS) is 34.4. The lowest BCUT2D eigenvalue weighted by atomic mass is 9.90. The Balaban J connectivity index is 1.76. The number of nitrogens with two attached hydrogens (primary N) is 1. The first-order valence-corrected chi connectivity index (χ1v) is 7.09. The molecule has 0 radical (unpaired) electrons. The molecule has 2 aliphatic rings. The van der Waals surface area contributed by atoms with Crippen molar-refractivity contribution in [3.8, 4) is 0 Å². The van der Waals surface area contributed by atoms with Gasteiger partial charge in [-0.25, -0.2) is 0 Å². The van der Waals surface area contributed by atoms with Crippen LogP contribution in [0.3, 0.4) is 0 Å². The van der Waals surface area contributed by atoms with Gasteiger partial charge in [-0.05, 0) is 25.0 Å². The molecule has 4 nitrogen and oxygen atoms in total. The summed E-state index contributed by atoms with van der Waals surface area (Å²) in [6, 6.07) is 0.492. The molecule has 2 fully saturated rings. The molecule has 0 saturated carbocycles. The first kappa shape index (κ1) is 12.2. The minimum Gasteiger partial charge on any atom is -0.374 e. The van der Waals surface area contributed by atoms with Crippen molar-refractivity contribution in [2.75, 3.05) is 24.7 Å². The molecule has 2 heterocycles. The maximum Gasteiger partial charge on any atom is 0.218 e. The molecule has 1 amide bonds. The van der Waals surface area contributed by atoms with Crippen LogP contribution in [0.4, 0.5) is 0 Å². The predicted molar refractivity (Wildman–Crippen MR) is 65.5 cm³/mol. The summed E-state index contributed by atoms with van der Waals surface area (Å²) in [5.74, 6) is 2.11. The molecular formula is C11H20N2O2S.